The van der Waals surface area contributed by atoms with Crippen molar-refractivity contribution in [2.24, 2.45) is 5.41 Å². The van der Waals surface area contributed by atoms with Crippen LogP contribution in [0.15, 0.2) is 22.7 Å². The number of carbonyl (C=O) groups is 1. The molecule has 94 valence electrons. The number of halogens is 1. The number of hydrogen-bond donors (Lipinski definition) is 1. The number of rotatable bonds is 3. The Bertz CT molecular complexity index is 518. The van der Waals surface area contributed by atoms with E-state index in [0.717, 1.165) is 10.9 Å². The van der Waals surface area contributed by atoms with Crippen LogP contribution in [0.25, 0.3) is 0 Å². The summed E-state index contributed by atoms with van der Waals surface area (Å²) in [6, 6.07) is 7.44. The molecule has 1 fully saturated rings. The zero-order valence-corrected chi connectivity index (χ0v) is 11.6. The van der Waals surface area contributed by atoms with Gasteiger partial charge in [-0.05, 0) is 31.4 Å². The van der Waals surface area contributed by atoms with Crippen LogP contribution in [-0.2, 0) is 4.79 Å². The first-order valence-electron chi connectivity index (χ1n) is 5.67. The maximum absolute atomic E-state index is 12.1. The largest absolute Gasteiger partial charge is 0.497 e. The summed E-state index contributed by atoms with van der Waals surface area (Å²) < 4.78 is 5.94. The van der Waals surface area contributed by atoms with Crippen molar-refractivity contribution in [1.29, 1.82) is 5.26 Å². The summed E-state index contributed by atoms with van der Waals surface area (Å²) in [5, 5.41) is 11.9. The van der Waals surface area contributed by atoms with E-state index >= 15 is 0 Å². The van der Waals surface area contributed by atoms with E-state index in [9.17, 15) is 4.79 Å². The highest BCUT2D eigenvalue weighted by Crippen LogP contribution is 2.41. The van der Waals surface area contributed by atoms with Gasteiger partial charge in [-0.25, -0.2) is 0 Å². The molecule has 0 saturated heterocycles. The van der Waals surface area contributed by atoms with E-state index in [4.69, 9.17) is 10.00 Å². The lowest BCUT2D eigenvalue weighted by Gasteiger charge is -2.33. The molecule has 0 atom stereocenters. The molecule has 0 spiro atoms. The molecule has 5 heteroatoms. The summed E-state index contributed by atoms with van der Waals surface area (Å²) in [5.74, 6) is 0.427. The number of benzene rings is 1. The first-order chi connectivity index (χ1) is 8.59. The normalized spacial score (nSPS) is 16.3. The zero-order chi connectivity index (χ0) is 13.2. The number of nitriles is 1. The Balaban J connectivity index is 2.17. The number of nitrogens with zero attached hydrogens (tertiary/aromatic N) is 1. The van der Waals surface area contributed by atoms with E-state index < -0.39 is 5.41 Å². The Hall–Kier alpha value is -1.54. The highest BCUT2D eigenvalue weighted by atomic mass is 79.9. The van der Waals surface area contributed by atoms with Gasteiger partial charge in [0.25, 0.3) is 0 Å². The van der Waals surface area contributed by atoms with Gasteiger partial charge in [-0.1, -0.05) is 15.9 Å². The number of carbonyl (C=O) groups excluding carboxylic acids is 1. The van der Waals surface area contributed by atoms with Crippen LogP contribution in [0.1, 0.15) is 19.3 Å². The molecule has 1 saturated carbocycles. The SMILES string of the molecule is COc1cc(Br)cc(NC(=O)C2(C#N)CCC2)c1. The summed E-state index contributed by atoms with van der Waals surface area (Å²) in [4.78, 5) is 12.1. The molecule has 0 radical (unpaired) electrons. The Morgan fingerprint density at radius 1 is 1.50 bits per heavy atom. The van der Waals surface area contributed by atoms with Crippen LogP contribution >= 0.6 is 15.9 Å². The average molecular weight is 309 g/mol. The van der Waals surface area contributed by atoms with Crippen LogP contribution in [-0.4, -0.2) is 13.0 Å². The number of ether oxygens (including phenoxy) is 1. The molecule has 1 amide bonds. The van der Waals surface area contributed by atoms with E-state index in [1.54, 1.807) is 25.3 Å². The van der Waals surface area contributed by atoms with Crippen LogP contribution in [0, 0.1) is 16.7 Å². The molecular weight excluding hydrogens is 296 g/mol. The topological polar surface area (TPSA) is 62.1 Å². The highest BCUT2D eigenvalue weighted by Gasteiger charge is 2.44. The van der Waals surface area contributed by atoms with Gasteiger partial charge in [0.1, 0.15) is 11.2 Å². The first-order valence-corrected chi connectivity index (χ1v) is 6.46. The van der Waals surface area contributed by atoms with Gasteiger partial charge >= 0.3 is 0 Å². The number of nitrogens with one attached hydrogen (secondary N) is 1. The van der Waals surface area contributed by atoms with Crippen molar-refractivity contribution in [3.8, 4) is 11.8 Å². The lowest BCUT2D eigenvalue weighted by atomic mass is 9.69. The minimum atomic E-state index is -0.838. The number of methoxy groups -OCH3 is 1. The van der Waals surface area contributed by atoms with Crippen LogP contribution in [0.3, 0.4) is 0 Å². The minimum Gasteiger partial charge on any atom is -0.497 e. The second kappa shape index (κ2) is 4.99. The number of amides is 1. The fourth-order valence-electron chi connectivity index (χ4n) is 1.92. The quantitative estimate of drug-likeness (QED) is 0.933. The molecule has 0 aliphatic heterocycles. The maximum Gasteiger partial charge on any atom is 0.244 e. The summed E-state index contributed by atoms with van der Waals surface area (Å²) in [6.07, 6.45) is 2.21. The smallest absolute Gasteiger partial charge is 0.244 e. The van der Waals surface area contributed by atoms with Crippen LogP contribution in [0.2, 0.25) is 0 Å². The van der Waals surface area contributed by atoms with E-state index in [-0.39, 0.29) is 5.91 Å². The summed E-state index contributed by atoms with van der Waals surface area (Å²) in [5.41, 5.74) is -0.206. The second-order valence-electron chi connectivity index (χ2n) is 4.38. The molecule has 1 aromatic carbocycles. The maximum atomic E-state index is 12.1. The molecule has 18 heavy (non-hydrogen) atoms. The number of hydrogen-bond acceptors (Lipinski definition) is 3. The summed E-state index contributed by atoms with van der Waals surface area (Å²) in [6.45, 7) is 0. The van der Waals surface area contributed by atoms with E-state index in [1.165, 1.54) is 0 Å². The van der Waals surface area contributed by atoms with Crippen molar-refractivity contribution in [3.05, 3.63) is 22.7 Å². The van der Waals surface area contributed by atoms with Gasteiger partial charge < -0.3 is 10.1 Å². The van der Waals surface area contributed by atoms with Crippen LogP contribution in [0.4, 0.5) is 5.69 Å². The summed E-state index contributed by atoms with van der Waals surface area (Å²) in [7, 11) is 1.57. The standard InChI is InChI=1S/C13H13BrN2O2/c1-18-11-6-9(14)5-10(7-11)16-12(17)13(8-15)3-2-4-13/h5-7H,2-4H2,1H3,(H,16,17). The molecule has 0 aromatic heterocycles. The van der Waals surface area contributed by atoms with Crippen molar-refractivity contribution < 1.29 is 9.53 Å². The Kier molecular flexibility index (Phi) is 3.58. The van der Waals surface area contributed by atoms with Gasteiger partial charge in [0.05, 0.1) is 13.2 Å². The predicted octanol–water partition coefficient (Wildman–Crippen LogP) is 3.09. The predicted molar refractivity (Wildman–Crippen MR) is 71.2 cm³/mol. The lowest BCUT2D eigenvalue weighted by Crippen LogP contribution is -2.40. The molecule has 1 aliphatic carbocycles. The third kappa shape index (κ3) is 2.34. The van der Waals surface area contributed by atoms with E-state index in [1.807, 2.05) is 0 Å². The van der Waals surface area contributed by atoms with Crippen molar-refractivity contribution in [1.82, 2.24) is 0 Å². The van der Waals surface area contributed by atoms with E-state index in [2.05, 4.69) is 27.3 Å². The van der Waals surface area contributed by atoms with Crippen molar-refractivity contribution >= 4 is 27.5 Å². The van der Waals surface area contributed by atoms with Gasteiger partial charge in [-0.15, -0.1) is 0 Å². The Morgan fingerprint density at radius 2 is 2.22 bits per heavy atom. The second-order valence-corrected chi connectivity index (χ2v) is 5.30. The monoisotopic (exact) mass is 308 g/mol. The minimum absolute atomic E-state index is 0.226. The lowest BCUT2D eigenvalue weighted by molar-refractivity contribution is -0.126. The molecule has 0 unspecified atom stereocenters. The molecule has 1 N–H and O–H groups in total. The molecule has 2 rings (SSSR count). The highest BCUT2D eigenvalue weighted by molar-refractivity contribution is 9.10. The number of anilines is 1. The molecule has 0 bridgehead atoms. The van der Waals surface area contributed by atoms with Gasteiger partial charge in [0.2, 0.25) is 5.91 Å². The molecule has 1 aromatic rings. The van der Waals surface area contributed by atoms with Crippen molar-refractivity contribution in [2.75, 3.05) is 12.4 Å². The van der Waals surface area contributed by atoms with Gasteiger partial charge in [0, 0.05) is 16.2 Å². The molecular formula is C13H13BrN2O2. The van der Waals surface area contributed by atoms with Gasteiger partial charge in [0.15, 0.2) is 0 Å². The van der Waals surface area contributed by atoms with Crippen LogP contribution in [0.5, 0.6) is 5.75 Å². The zero-order valence-electron chi connectivity index (χ0n) is 10.00. The van der Waals surface area contributed by atoms with E-state index in [0.29, 0.717) is 24.3 Å². The van der Waals surface area contributed by atoms with Crippen molar-refractivity contribution in [3.63, 3.8) is 0 Å². The van der Waals surface area contributed by atoms with Gasteiger partial charge in [-0.3, -0.25) is 4.79 Å². The van der Waals surface area contributed by atoms with Crippen LogP contribution < -0.4 is 10.1 Å². The first kappa shape index (κ1) is 12.9. The Labute approximate surface area is 114 Å². The fraction of sp³-hybridized carbons (Fsp3) is 0.385. The third-order valence-electron chi connectivity index (χ3n) is 3.22. The van der Waals surface area contributed by atoms with Gasteiger partial charge in [-0.2, -0.15) is 5.26 Å². The van der Waals surface area contributed by atoms with Crippen molar-refractivity contribution in [2.45, 2.75) is 19.3 Å². The molecule has 0 heterocycles. The Morgan fingerprint density at radius 3 is 2.72 bits per heavy atom. The fourth-order valence-corrected chi connectivity index (χ4v) is 2.40. The third-order valence-corrected chi connectivity index (χ3v) is 3.68. The summed E-state index contributed by atoms with van der Waals surface area (Å²) >= 11 is 3.35. The molecule has 4 nitrogen and oxygen atoms in total. The molecule has 1 aliphatic rings. The average Bonchev–Trinajstić information content (AvgIpc) is 2.27.